The second-order valence-electron chi connectivity index (χ2n) is 7.84. The predicted molar refractivity (Wildman–Crippen MR) is 101 cm³/mol. The van der Waals surface area contributed by atoms with Crippen molar-refractivity contribution in [1.82, 2.24) is 9.88 Å². The number of aromatic nitrogens is 1. The maximum Gasteiger partial charge on any atom is 0.308 e. The topological polar surface area (TPSA) is 79.7 Å². The number of carbonyl (C=O) groups excluding carboxylic acids is 1. The van der Waals surface area contributed by atoms with Crippen molar-refractivity contribution in [3.63, 3.8) is 0 Å². The van der Waals surface area contributed by atoms with E-state index in [2.05, 4.69) is 0 Å². The fraction of sp³-hybridized carbons (Fsp3) is 0.476. The van der Waals surface area contributed by atoms with Gasteiger partial charge in [-0.15, -0.1) is 0 Å². The Morgan fingerprint density at radius 2 is 2.00 bits per heavy atom. The number of carboxylic acids is 1. The Bertz CT molecular complexity index is 906. The van der Waals surface area contributed by atoms with Crippen molar-refractivity contribution < 1.29 is 19.4 Å². The van der Waals surface area contributed by atoms with Gasteiger partial charge in [-0.25, -0.2) is 0 Å². The van der Waals surface area contributed by atoms with E-state index in [0.717, 1.165) is 29.4 Å². The summed E-state index contributed by atoms with van der Waals surface area (Å²) in [4.78, 5) is 31.3. The van der Waals surface area contributed by atoms with E-state index >= 15 is 0 Å². The van der Waals surface area contributed by atoms with Gasteiger partial charge in [-0.2, -0.15) is 0 Å². The maximum absolute atomic E-state index is 13.4. The first kappa shape index (κ1) is 17.8. The van der Waals surface area contributed by atoms with Crippen LogP contribution >= 0.6 is 0 Å². The lowest BCUT2D eigenvalue weighted by Crippen LogP contribution is -2.45. The van der Waals surface area contributed by atoms with Crippen molar-refractivity contribution in [1.29, 1.82) is 0 Å². The summed E-state index contributed by atoms with van der Waals surface area (Å²) in [6.45, 7) is 2.83. The largest absolute Gasteiger partial charge is 0.497 e. The zero-order chi connectivity index (χ0) is 19.1. The van der Waals surface area contributed by atoms with Gasteiger partial charge in [-0.1, -0.05) is 6.92 Å². The quantitative estimate of drug-likeness (QED) is 0.896. The predicted octanol–water partition coefficient (Wildman–Crippen LogP) is 3.30. The van der Waals surface area contributed by atoms with Gasteiger partial charge in [0.1, 0.15) is 5.75 Å². The van der Waals surface area contributed by atoms with E-state index in [1.165, 1.54) is 0 Å². The molecule has 1 N–H and O–H groups in total. The first-order valence-electron chi connectivity index (χ1n) is 9.47. The number of hydrogen-bond donors (Lipinski definition) is 1. The van der Waals surface area contributed by atoms with Crippen LogP contribution in [0.25, 0.3) is 10.9 Å². The molecule has 1 aromatic carbocycles. The number of ether oxygens (including phenoxy) is 1. The number of rotatable bonds is 4. The number of aliphatic carboxylic acids is 1. The number of carboxylic acid groups (broad SMARTS) is 1. The molecule has 1 saturated heterocycles. The number of pyridine rings is 1. The summed E-state index contributed by atoms with van der Waals surface area (Å²) in [6.07, 6.45) is 2.81. The number of piperidine rings is 1. The Kier molecular flexibility index (Phi) is 4.50. The molecule has 2 aromatic rings. The highest BCUT2D eigenvalue weighted by Gasteiger charge is 2.34. The van der Waals surface area contributed by atoms with E-state index in [1.807, 2.05) is 31.2 Å². The van der Waals surface area contributed by atoms with Gasteiger partial charge in [0.15, 0.2) is 0 Å². The van der Waals surface area contributed by atoms with E-state index in [4.69, 9.17) is 9.72 Å². The smallest absolute Gasteiger partial charge is 0.308 e. The minimum atomic E-state index is -0.834. The van der Waals surface area contributed by atoms with Gasteiger partial charge in [0.25, 0.3) is 5.91 Å². The normalized spacial score (nSPS) is 22.7. The molecule has 1 aromatic heterocycles. The highest BCUT2D eigenvalue weighted by Crippen LogP contribution is 2.40. The van der Waals surface area contributed by atoms with Crippen LogP contribution in [-0.4, -0.2) is 47.1 Å². The molecular weight excluding hydrogens is 344 g/mol. The van der Waals surface area contributed by atoms with Crippen LogP contribution in [0.4, 0.5) is 0 Å². The monoisotopic (exact) mass is 368 g/mol. The van der Waals surface area contributed by atoms with Crippen molar-refractivity contribution in [2.24, 2.45) is 11.8 Å². The zero-order valence-electron chi connectivity index (χ0n) is 15.6. The highest BCUT2D eigenvalue weighted by atomic mass is 16.5. The van der Waals surface area contributed by atoms with Crippen LogP contribution in [0.1, 0.15) is 48.2 Å². The lowest BCUT2D eigenvalue weighted by atomic mass is 9.90. The molecule has 1 amide bonds. The Balaban J connectivity index is 1.76. The second-order valence-corrected chi connectivity index (χ2v) is 7.84. The lowest BCUT2D eigenvalue weighted by molar-refractivity contribution is -0.143. The van der Waals surface area contributed by atoms with Gasteiger partial charge in [-0.05, 0) is 49.4 Å². The molecule has 27 heavy (non-hydrogen) atoms. The summed E-state index contributed by atoms with van der Waals surface area (Å²) in [6, 6.07) is 7.48. The average molecular weight is 368 g/mol. The van der Waals surface area contributed by atoms with Crippen LogP contribution in [-0.2, 0) is 4.79 Å². The third kappa shape index (κ3) is 3.48. The van der Waals surface area contributed by atoms with Crippen molar-refractivity contribution >= 4 is 22.8 Å². The zero-order valence-corrected chi connectivity index (χ0v) is 15.6. The van der Waals surface area contributed by atoms with Crippen LogP contribution in [0.2, 0.25) is 0 Å². The molecule has 6 heteroatoms. The van der Waals surface area contributed by atoms with Crippen molar-refractivity contribution in [2.45, 2.75) is 32.1 Å². The summed E-state index contributed by atoms with van der Waals surface area (Å²) in [5.74, 6) is -0.199. The number of amides is 1. The Morgan fingerprint density at radius 1 is 1.22 bits per heavy atom. The third-order valence-corrected chi connectivity index (χ3v) is 5.56. The molecule has 6 nitrogen and oxygen atoms in total. The summed E-state index contributed by atoms with van der Waals surface area (Å²) >= 11 is 0. The van der Waals surface area contributed by atoms with Gasteiger partial charge in [0.05, 0.1) is 24.1 Å². The number of hydrogen-bond acceptors (Lipinski definition) is 4. The van der Waals surface area contributed by atoms with E-state index in [9.17, 15) is 14.7 Å². The molecule has 4 rings (SSSR count). The Labute approximate surface area is 158 Å². The fourth-order valence-corrected chi connectivity index (χ4v) is 3.98. The molecule has 2 unspecified atom stereocenters. The van der Waals surface area contributed by atoms with Gasteiger partial charge >= 0.3 is 5.97 Å². The number of carbonyl (C=O) groups is 2. The second kappa shape index (κ2) is 6.83. The minimum Gasteiger partial charge on any atom is -0.497 e. The lowest BCUT2D eigenvalue weighted by Gasteiger charge is -2.35. The van der Waals surface area contributed by atoms with Gasteiger partial charge < -0.3 is 14.7 Å². The standard InChI is InChI=1S/C21H24N2O4/c1-12-7-14(21(25)26)11-23(10-12)20(24)17-9-19(13-3-4-13)22-18-6-5-15(27-2)8-16(17)18/h5-6,8-9,12-14H,3-4,7,10-11H2,1-2H3,(H,25,26). The number of fused-ring (bicyclic) bond motifs is 1. The van der Waals surface area contributed by atoms with E-state index in [0.29, 0.717) is 30.2 Å². The third-order valence-electron chi connectivity index (χ3n) is 5.56. The van der Waals surface area contributed by atoms with Crippen LogP contribution in [0.5, 0.6) is 5.75 Å². The van der Waals surface area contributed by atoms with Gasteiger partial charge in [0.2, 0.25) is 0 Å². The number of methoxy groups -OCH3 is 1. The number of benzene rings is 1. The number of nitrogens with zero attached hydrogens (tertiary/aromatic N) is 2. The Hall–Kier alpha value is -2.63. The fourth-order valence-electron chi connectivity index (χ4n) is 3.98. The van der Waals surface area contributed by atoms with Gasteiger partial charge in [0, 0.05) is 30.1 Å². The molecule has 1 aliphatic heterocycles. The van der Waals surface area contributed by atoms with E-state index in [-0.39, 0.29) is 18.4 Å². The van der Waals surface area contributed by atoms with Crippen molar-refractivity contribution in [3.8, 4) is 5.75 Å². The van der Waals surface area contributed by atoms with Gasteiger partial charge in [-0.3, -0.25) is 14.6 Å². The van der Waals surface area contributed by atoms with Crippen LogP contribution in [0.15, 0.2) is 24.3 Å². The SMILES string of the molecule is COc1ccc2nc(C3CC3)cc(C(=O)N3CC(C)CC(C(=O)O)C3)c2c1. The van der Waals surface area contributed by atoms with E-state index in [1.54, 1.807) is 12.0 Å². The van der Waals surface area contributed by atoms with Crippen molar-refractivity contribution in [3.05, 3.63) is 35.5 Å². The molecule has 1 saturated carbocycles. The molecule has 0 spiro atoms. The summed E-state index contributed by atoms with van der Waals surface area (Å²) < 4.78 is 5.33. The highest BCUT2D eigenvalue weighted by molar-refractivity contribution is 6.06. The molecular formula is C21H24N2O4. The Morgan fingerprint density at radius 3 is 2.67 bits per heavy atom. The molecule has 0 bridgehead atoms. The molecule has 0 radical (unpaired) electrons. The first-order valence-corrected chi connectivity index (χ1v) is 9.47. The molecule has 2 aliphatic rings. The average Bonchev–Trinajstić information content (AvgIpc) is 3.50. The minimum absolute atomic E-state index is 0.115. The van der Waals surface area contributed by atoms with Crippen LogP contribution in [0.3, 0.4) is 0 Å². The molecule has 2 fully saturated rings. The molecule has 2 atom stereocenters. The van der Waals surface area contributed by atoms with Crippen molar-refractivity contribution in [2.75, 3.05) is 20.2 Å². The van der Waals surface area contributed by atoms with E-state index < -0.39 is 11.9 Å². The summed E-state index contributed by atoms with van der Waals surface area (Å²) in [5.41, 5.74) is 2.33. The first-order chi connectivity index (χ1) is 13.0. The molecule has 1 aliphatic carbocycles. The summed E-state index contributed by atoms with van der Waals surface area (Å²) in [5, 5.41) is 10.2. The summed E-state index contributed by atoms with van der Waals surface area (Å²) in [7, 11) is 1.60. The number of likely N-dealkylation sites (tertiary alicyclic amines) is 1. The van der Waals surface area contributed by atoms with Crippen LogP contribution < -0.4 is 4.74 Å². The molecule has 142 valence electrons. The molecule has 2 heterocycles. The maximum atomic E-state index is 13.4. The van der Waals surface area contributed by atoms with Crippen LogP contribution in [0, 0.1) is 11.8 Å².